The molecule has 37 heavy (non-hydrogen) atoms. The Hall–Kier alpha value is -4.17. The number of hydrogen-bond acceptors (Lipinski definition) is 5. The van der Waals surface area contributed by atoms with Crippen molar-refractivity contribution >= 4 is 29.0 Å². The number of nitrogens with one attached hydrogen (secondary N) is 2. The lowest BCUT2D eigenvalue weighted by Gasteiger charge is -2.29. The number of pyridine rings is 1. The van der Waals surface area contributed by atoms with Gasteiger partial charge in [-0.05, 0) is 73.2 Å². The number of carbonyl (C=O) groups is 1. The minimum absolute atomic E-state index is 0.0871. The zero-order valence-electron chi connectivity index (χ0n) is 20.6. The number of rotatable bonds is 9. The van der Waals surface area contributed by atoms with Crippen molar-refractivity contribution in [1.82, 2.24) is 19.8 Å². The van der Waals surface area contributed by atoms with Crippen LogP contribution < -0.4 is 10.6 Å². The van der Waals surface area contributed by atoms with Gasteiger partial charge in [-0.25, -0.2) is 4.79 Å². The molecule has 0 amide bonds. The number of carbonyl (C=O) groups excluding carboxylic acids is 1. The Morgan fingerprint density at radius 3 is 2.68 bits per heavy atom. The molecule has 0 bridgehead atoms. The number of aromatic nitrogens is 2. The van der Waals surface area contributed by atoms with Crippen LogP contribution in [0.15, 0.2) is 97.3 Å². The summed E-state index contributed by atoms with van der Waals surface area (Å²) in [5, 5.41) is 7.71. The van der Waals surface area contributed by atoms with Crippen LogP contribution in [0.4, 0.5) is 5.69 Å². The number of para-hydroxylation sites is 1. The van der Waals surface area contributed by atoms with Crippen LogP contribution in [-0.2, 0) is 4.74 Å². The van der Waals surface area contributed by atoms with Crippen molar-refractivity contribution in [1.29, 1.82) is 0 Å². The fraction of sp³-hybridized carbons (Fsp3) is 0.207. The maximum Gasteiger partial charge on any atom is 0.337 e. The average molecular weight is 512 g/mol. The molecule has 3 heterocycles. The highest BCUT2D eigenvalue weighted by molar-refractivity contribution is 7.80. The van der Waals surface area contributed by atoms with Crippen LogP contribution in [-0.4, -0.2) is 45.7 Å². The van der Waals surface area contributed by atoms with Crippen LogP contribution in [0.3, 0.4) is 0 Å². The predicted octanol–water partition coefficient (Wildman–Crippen LogP) is 5.13. The minimum atomic E-state index is -0.363. The van der Waals surface area contributed by atoms with Gasteiger partial charge < -0.3 is 24.8 Å². The summed E-state index contributed by atoms with van der Waals surface area (Å²) in [6, 6.07) is 27.5. The summed E-state index contributed by atoms with van der Waals surface area (Å²) < 4.78 is 7.04. The number of esters is 1. The molecule has 5 rings (SSSR count). The quantitative estimate of drug-likeness (QED) is 0.183. The van der Waals surface area contributed by atoms with Crippen molar-refractivity contribution < 1.29 is 9.53 Å². The van der Waals surface area contributed by atoms with E-state index in [2.05, 4.69) is 43.3 Å². The molecule has 0 aliphatic carbocycles. The fourth-order valence-electron chi connectivity index (χ4n) is 4.78. The molecule has 8 heteroatoms. The smallest absolute Gasteiger partial charge is 0.337 e. The number of ether oxygens (including phenoxy) is 1. The lowest BCUT2D eigenvalue weighted by Crippen LogP contribution is -2.32. The van der Waals surface area contributed by atoms with Crippen LogP contribution in [0.5, 0.6) is 0 Å². The van der Waals surface area contributed by atoms with Crippen LogP contribution in [0.25, 0.3) is 5.69 Å². The highest BCUT2D eigenvalue weighted by Gasteiger charge is 2.41. The van der Waals surface area contributed by atoms with Gasteiger partial charge in [-0.2, -0.15) is 0 Å². The number of benzene rings is 2. The molecule has 4 aromatic rings. The Labute approximate surface area is 222 Å². The van der Waals surface area contributed by atoms with Gasteiger partial charge >= 0.3 is 5.97 Å². The monoisotopic (exact) mass is 511 g/mol. The molecule has 0 spiro atoms. The summed E-state index contributed by atoms with van der Waals surface area (Å²) in [5.74, 6) is -0.363. The van der Waals surface area contributed by atoms with E-state index in [-0.39, 0.29) is 18.1 Å². The van der Waals surface area contributed by atoms with E-state index in [0.717, 1.165) is 42.3 Å². The van der Waals surface area contributed by atoms with E-state index in [1.165, 1.54) is 7.11 Å². The third-order valence-electron chi connectivity index (χ3n) is 6.51. The van der Waals surface area contributed by atoms with E-state index >= 15 is 0 Å². The number of methoxy groups -OCH3 is 1. The second-order valence-electron chi connectivity index (χ2n) is 8.81. The molecule has 2 aromatic heterocycles. The number of thiocarbonyl (C=S) groups is 1. The normalized spacial score (nSPS) is 16.9. The summed E-state index contributed by atoms with van der Waals surface area (Å²) in [4.78, 5) is 19.1. The maximum atomic E-state index is 12.2. The Bertz CT molecular complexity index is 1360. The second-order valence-corrected chi connectivity index (χ2v) is 9.20. The van der Waals surface area contributed by atoms with Crippen molar-refractivity contribution in [2.75, 3.05) is 25.5 Å². The third-order valence-corrected chi connectivity index (χ3v) is 6.86. The van der Waals surface area contributed by atoms with Crippen LogP contribution >= 0.6 is 12.2 Å². The maximum absolute atomic E-state index is 12.2. The highest BCUT2D eigenvalue weighted by atomic mass is 32.1. The largest absolute Gasteiger partial charge is 0.465 e. The van der Waals surface area contributed by atoms with Crippen molar-refractivity contribution in [3.8, 4) is 5.69 Å². The topological polar surface area (TPSA) is 71.4 Å². The molecular weight excluding hydrogens is 482 g/mol. The molecule has 0 unspecified atom stereocenters. The Morgan fingerprint density at radius 1 is 1.05 bits per heavy atom. The molecule has 1 aliphatic rings. The number of anilines is 1. The molecule has 2 atom stereocenters. The van der Waals surface area contributed by atoms with E-state index in [9.17, 15) is 4.79 Å². The van der Waals surface area contributed by atoms with E-state index in [4.69, 9.17) is 17.0 Å². The van der Waals surface area contributed by atoms with Gasteiger partial charge in [-0.1, -0.05) is 30.3 Å². The molecule has 188 valence electrons. The second kappa shape index (κ2) is 11.3. The molecule has 0 saturated carbocycles. The molecule has 1 aliphatic heterocycles. The Morgan fingerprint density at radius 2 is 1.89 bits per heavy atom. The number of hydrogen-bond donors (Lipinski definition) is 2. The van der Waals surface area contributed by atoms with E-state index < -0.39 is 0 Å². The first kappa shape index (κ1) is 24.5. The lowest BCUT2D eigenvalue weighted by atomic mass is 10.0. The van der Waals surface area contributed by atoms with Gasteiger partial charge in [0, 0.05) is 42.6 Å². The molecule has 1 fully saturated rings. The van der Waals surface area contributed by atoms with Gasteiger partial charge in [-0.3, -0.25) is 4.98 Å². The summed E-state index contributed by atoms with van der Waals surface area (Å²) in [7, 11) is 1.39. The van der Waals surface area contributed by atoms with E-state index in [1.54, 1.807) is 6.07 Å². The standard InChI is InChI=1S/C29H29N5O2S/c1-36-28(35)21-10-7-13-23(20-21)33-18-8-15-25(33)27-26(24-14-5-6-16-31-24)32-29(37)34(27)19-9-17-30-22-11-3-2-4-12-22/h2-8,10-16,18,20,26-27,30H,9,17,19H2,1H3,(H,32,37)/t26-,27+/m0/s1. The van der Waals surface area contributed by atoms with Crippen LogP contribution in [0.2, 0.25) is 0 Å². The first-order valence-electron chi connectivity index (χ1n) is 12.3. The SMILES string of the molecule is COC(=O)c1cccc(-n2cccc2[C@@H]2[C@H](c3ccccn3)NC(=S)N2CCCNc2ccccc2)c1. The first-order valence-corrected chi connectivity index (χ1v) is 12.7. The predicted molar refractivity (Wildman–Crippen MR) is 149 cm³/mol. The Kier molecular flexibility index (Phi) is 7.46. The molecule has 7 nitrogen and oxygen atoms in total. The van der Waals surface area contributed by atoms with Gasteiger partial charge in [0.2, 0.25) is 0 Å². The third kappa shape index (κ3) is 5.34. The molecule has 2 aromatic carbocycles. The van der Waals surface area contributed by atoms with Crippen molar-refractivity contribution in [2.24, 2.45) is 0 Å². The summed E-state index contributed by atoms with van der Waals surface area (Å²) in [6.45, 7) is 1.60. The average Bonchev–Trinajstić information content (AvgIpc) is 3.56. The van der Waals surface area contributed by atoms with E-state index in [1.807, 2.05) is 73.1 Å². The molecular formula is C29H29N5O2S. The van der Waals surface area contributed by atoms with Crippen LogP contribution in [0.1, 0.15) is 40.3 Å². The number of nitrogens with zero attached hydrogens (tertiary/aromatic N) is 3. The Balaban J connectivity index is 1.44. The van der Waals surface area contributed by atoms with Gasteiger partial charge in [0.05, 0.1) is 30.5 Å². The lowest BCUT2D eigenvalue weighted by molar-refractivity contribution is 0.0600. The summed E-state index contributed by atoms with van der Waals surface area (Å²) in [6.07, 6.45) is 4.72. The molecule has 1 saturated heterocycles. The first-order chi connectivity index (χ1) is 18.2. The van der Waals surface area contributed by atoms with Gasteiger partial charge in [0.15, 0.2) is 5.11 Å². The summed E-state index contributed by atoms with van der Waals surface area (Å²) in [5.41, 5.74) is 4.47. The zero-order chi connectivity index (χ0) is 25.6. The van der Waals surface area contributed by atoms with Gasteiger partial charge in [0.1, 0.15) is 0 Å². The van der Waals surface area contributed by atoms with Gasteiger partial charge in [0.25, 0.3) is 0 Å². The van der Waals surface area contributed by atoms with Crippen molar-refractivity contribution in [2.45, 2.75) is 18.5 Å². The van der Waals surface area contributed by atoms with Crippen LogP contribution in [0, 0.1) is 0 Å². The zero-order valence-corrected chi connectivity index (χ0v) is 21.4. The minimum Gasteiger partial charge on any atom is -0.465 e. The van der Waals surface area contributed by atoms with E-state index in [0.29, 0.717) is 10.7 Å². The van der Waals surface area contributed by atoms with Crippen molar-refractivity contribution in [3.05, 3.63) is 114 Å². The molecule has 0 radical (unpaired) electrons. The highest BCUT2D eigenvalue weighted by Crippen LogP contribution is 2.39. The van der Waals surface area contributed by atoms with Crippen molar-refractivity contribution in [3.63, 3.8) is 0 Å². The molecule has 2 N–H and O–H groups in total. The summed E-state index contributed by atoms with van der Waals surface area (Å²) >= 11 is 5.84. The fourth-order valence-corrected chi connectivity index (χ4v) is 5.11. The van der Waals surface area contributed by atoms with Gasteiger partial charge in [-0.15, -0.1) is 0 Å².